The maximum atomic E-state index is 12.6. The Balaban J connectivity index is 1.48. The largest absolute Gasteiger partial charge is 0.358 e. The lowest BCUT2D eigenvalue weighted by atomic mass is 10.0. The Bertz CT molecular complexity index is 935. The molecule has 25 heavy (non-hydrogen) atoms. The summed E-state index contributed by atoms with van der Waals surface area (Å²) in [6, 6.07) is 14.6. The van der Waals surface area contributed by atoms with E-state index in [9.17, 15) is 4.79 Å². The van der Waals surface area contributed by atoms with Crippen molar-refractivity contribution in [2.24, 2.45) is 0 Å². The minimum absolute atomic E-state index is 0.0194. The van der Waals surface area contributed by atoms with Gasteiger partial charge in [0.15, 0.2) is 0 Å². The number of aromatic nitrogens is 1. The van der Waals surface area contributed by atoms with Crippen LogP contribution in [0.4, 0.5) is 0 Å². The number of benzene rings is 2. The van der Waals surface area contributed by atoms with Gasteiger partial charge in [0, 0.05) is 34.6 Å². The van der Waals surface area contributed by atoms with E-state index in [-0.39, 0.29) is 11.9 Å². The molecule has 0 saturated carbocycles. The Labute approximate surface area is 148 Å². The first kappa shape index (κ1) is 15.9. The third-order valence-corrected chi connectivity index (χ3v) is 5.23. The van der Waals surface area contributed by atoms with Crippen LogP contribution < -0.4 is 5.32 Å². The lowest BCUT2D eigenvalue weighted by Crippen LogP contribution is -2.35. The van der Waals surface area contributed by atoms with Gasteiger partial charge in [-0.1, -0.05) is 37.6 Å². The number of H-pyrrole nitrogens is 1. The fourth-order valence-corrected chi connectivity index (χ4v) is 3.78. The number of rotatable bonds is 3. The molecule has 0 aliphatic heterocycles. The topological polar surface area (TPSA) is 44.9 Å². The maximum absolute atomic E-state index is 12.6. The van der Waals surface area contributed by atoms with Gasteiger partial charge in [0.1, 0.15) is 0 Å². The van der Waals surface area contributed by atoms with E-state index in [4.69, 9.17) is 0 Å². The molecule has 3 aromatic rings. The molecule has 0 spiro atoms. The standard InChI is InChI=1S/C22H24N2O/c1-13(2)15-5-7-16(8-6-15)22(25)23-17-11-19-18-10-14(3)4-9-20(18)24-21(19)12-17/h4-10,13,17,24H,11-12H2,1-3H3,(H,23,25). The summed E-state index contributed by atoms with van der Waals surface area (Å²) in [6.45, 7) is 6.44. The molecule has 1 heterocycles. The zero-order chi connectivity index (χ0) is 17.6. The first-order valence-electron chi connectivity index (χ1n) is 9.02. The Hall–Kier alpha value is -2.55. The first-order chi connectivity index (χ1) is 12.0. The Morgan fingerprint density at radius 3 is 2.60 bits per heavy atom. The highest BCUT2D eigenvalue weighted by atomic mass is 16.1. The molecular formula is C22H24N2O. The molecule has 3 nitrogen and oxygen atoms in total. The second-order valence-electron chi connectivity index (χ2n) is 7.49. The minimum Gasteiger partial charge on any atom is -0.358 e. The van der Waals surface area contributed by atoms with Crippen LogP contribution in [0.5, 0.6) is 0 Å². The fraction of sp³-hybridized carbons (Fsp3) is 0.318. The van der Waals surface area contributed by atoms with E-state index >= 15 is 0 Å². The van der Waals surface area contributed by atoms with E-state index in [2.05, 4.69) is 49.3 Å². The first-order valence-corrected chi connectivity index (χ1v) is 9.02. The number of fused-ring (bicyclic) bond motifs is 3. The van der Waals surface area contributed by atoms with Crippen LogP contribution in [-0.2, 0) is 12.8 Å². The van der Waals surface area contributed by atoms with Gasteiger partial charge >= 0.3 is 0 Å². The summed E-state index contributed by atoms with van der Waals surface area (Å²) in [4.78, 5) is 16.1. The third-order valence-electron chi connectivity index (χ3n) is 5.23. The Kier molecular flexibility index (Phi) is 3.87. The van der Waals surface area contributed by atoms with Crippen molar-refractivity contribution in [3.05, 3.63) is 70.4 Å². The van der Waals surface area contributed by atoms with Crippen molar-refractivity contribution in [2.45, 2.75) is 45.6 Å². The van der Waals surface area contributed by atoms with Crippen LogP contribution in [0.15, 0.2) is 42.5 Å². The summed E-state index contributed by atoms with van der Waals surface area (Å²) in [5, 5.41) is 4.50. The van der Waals surface area contributed by atoms with Crippen LogP contribution in [0, 0.1) is 6.92 Å². The Morgan fingerprint density at radius 2 is 1.88 bits per heavy atom. The number of aryl methyl sites for hydroxylation is 1. The van der Waals surface area contributed by atoms with Crippen molar-refractivity contribution in [1.29, 1.82) is 0 Å². The van der Waals surface area contributed by atoms with Crippen LogP contribution in [0.3, 0.4) is 0 Å². The molecule has 128 valence electrons. The quantitative estimate of drug-likeness (QED) is 0.729. The fourth-order valence-electron chi connectivity index (χ4n) is 3.78. The zero-order valence-corrected chi connectivity index (χ0v) is 15.0. The normalized spacial score (nSPS) is 16.4. The van der Waals surface area contributed by atoms with Gasteiger partial charge in [-0.05, 0) is 54.7 Å². The molecular weight excluding hydrogens is 308 g/mol. The van der Waals surface area contributed by atoms with Crippen LogP contribution in [0.2, 0.25) is 0 Å². The molecule has 0 fully saturated rings. The van der Waals surface area contributed by atoms with E-state index in [0.29, 0.717) is 5.92 Å². The highest BCUT2D eigenvalue weighted by molar-refractivity contribution is 5.94. The van der Waals surface area contributed by atoms with Gasteiger partial charge in [-0.25, -0.2) is 0 Å². The van der Waals surface area contributed by atoms with Gasteiger partial charge in [-0.3, -0.25) is 4.79 Å². The number of hydrogen-bond acceptors (Lipinski definition) is 1. The lowest BCUT2D eigenvalue weighted by molar-refractivity contribution is 0.0938. The predicted octanol–water partition coefficient (Wildman–Crippen LogP) is 4.50. The molecule has 1 amide bonds. The van der Waals surface area contributed by atoms with E-state index in [1.165, 1.54) is 33.3 Å². The van der Waals surface area contributed by atoms with Crippen molar-refractivity contribution < 1.29 is 4.79 Å². The van der Waals surface area contributed by atoms with Crippen LogP contribution in [-0.4, -0.2) is 16.9 Å². The number of carbonyl (C=O) groups excluding carboxylic acids is 1. The molecule has 2 N–H and O–H groups in total. The van der Waals surface area contributed by atoms with Crippen molar-refractivity contribution in [2.75, 3.05) is 0 Å². The van der Waals surface area contributed by atoms with Crippen molar-refractivity contribution in [3.8, 4) is 0 Å². The third kappa shape index (κ3) is 2.95. The molecule has 1 aromatic heterocycles. The number of hydrogen-bond donors (Lipinski definition) is 2. The molecule has 1 atom stereocenters. The average Bonchev–Trinajstić information content (AvgIpc) is 3.12. The van der Waals surface area contributed by atoms with E-state index in [1.807, 2.05) is 24.3 Å². The summed E-state index contributed by atoms with van der Waals surface area (Å²) in [6.07, 6.45) is 1.77. The number of carbonyl (C=O) groups is 1. The van der Waals surface area contributed by atoms with E-state index < -0.39 is 0 Å². The maximum Gasteiger partial charge on any atom is 0.251 e. The van der Waals surface area contributed by atoms with E-state index in [0.717, 1.165) is 18.4 Å². The van der Waals surface area contributed by atoms with Crippen LogP contribution in [0.1, 0.15) is 52.5 Å². The van der Waals surface area contributed by atoms with Crippen LogP contribution in [0.25, 0.3) is 10.9 Å². The van der Waals surface area contributed by atoms with Crippen molar-refractivity contribution >= 4 is 16.8 Å². The summed E-state index contributed by atoms with van der Waals surface area (Å²) in [7, 11) is 0. The molecule has 1 aliphatic carbocycles. The van der Waals surface area contributed by atoms with Gasteiger partial charge in [-0.2, -0.15) is 0 Å². The molecule has 1 unspecified atom stereocenters. The molecule has 0 radical (unpaired) electrons. The van der Waals surface area contributed by atoms with Gasteiger partial charge in [0.05, 0.1) is 0 Å². The monoisotopic (exact) mass is 332 g/mol. The van der Waals surface area contributed by atoms with Crippen molar-refractivity contribution in [1.82, 2.24) is 10.3 Å². The summed E-state index contributed by atoms with van der Waals surface area (Å²) >= 11 is 0. The number of amides is 1. The second-order valence-corrected chi connectivity index (χ2v) is 7.49. The highest BCUT2D eigenvalue weighted by Gasteiger charge is 2.26. The average molecular weight is 332 g/mol. The molecule has 0 bridgehead atoms. The molecule has 4 rings (SSSR count). The second kappa shape index (κ2) is 6.07. The predicted molar refractivity (Wildman–Crippen MR) is 102 cm³/mol. The van der Waals surface area contributed by atoms with Crippen molar-refractivity contribution in [3.63, 3.8) is 0 Å². The molecule has 1 aliphatic rings. The summed E-state index contributed by atoms with van der Waals surface area (Å²) in [5.74, 6) is 0.500. The SMILES string of the molecule is Cc1ccc2[nH]c3c(c2c1)CC(NC(=O)c1ccc(C(C)C)cc1)C3. The van der Waals surface area contributed by atoms with Gasteiger partial charge in [0.25, 0.3) is 5.91 Å². The van der Waals surface area contributed by atoms with Crippen LogP contribution >= 0.6 is 0 Å². The minimum atomic E-state index is 0.0194. The molecule has 2 aromatic carbocycles. The van der Waals surface area contributed by atoms with E-state index in [1.54, 1.807) is 0 Å². The molecule has 3 heteroatoms. The number of aromatic amines is 1. The number of nitrogens with one attached hydrogen (secondary N) is 2. The highest BCUT2D eigenvalue weighted by Crippen LogP contribution is 2.30. The van der Waals surface area contributed by atoms with Gasteiger partial charge in [-0.15, -0.1) is 0 Å². The molecule has 0 saturated heterocycles. The Morgan fingerprint density at radius 1 is 1.12 bits per heavy atom. The van der Waals surface area contributed by atoms with Gasteiger partial charge in [0.2, 0.25) is 0 Å². The summed E-state index contributed by atoms with van der Waals surface area (Å²) in [5.41, 5.74) is 7.09. The summed E-state index contributed by atoms with van der Waals surface area (Å²) < 4.78 is 0. The zero-order valence-electron chi connectivity index (χ0n) is 15.0. The van der Waals surface area contributed by atoms with Gasteiger partial charge < -0.3 is 10.3 Å². The smallest absolute Gasteiger partial charge is 0.251 e. The lowest BCUT2D eigenvalue weighted by Gasteiger charge is -2.13.